The predicted octanol–water partition coefficient (Wildman–Crippen LogP) is 3.79. The summed E-state index contributed by atoms with van der Waals surface area (Å²) in [6, 6.07) is 11.4. The van der Waals surface area contributed by atoms with Crippen molar-refractivity contribution in [3.8, 4) is 34.5 Å². The van der Waals surface area contributed by atoms with Crippen molar-refractivity contribution < 1.29 is 18.9 Å². The van der Waals surface area contributed by atoms with Crippen molar-refractivity contribution in [1.82, 2.24) is 19.5 Å². The van der Waals surface area contributed by atoms with E-state index in [1.165, 1.54) is 11.8 Å². The fourth-order valence-corrected chi connectivity index (χ4v) is 4.26. The monoisotopic (exact) mass is 467 g/mol. The zero-order valence-electron chi connectivity index (χ0n) is 18.9. The molecule has 0 fully saturated rings. The summed E-state index contributed by atoms with van der Waals surface area (Å²) in [6.07, 6.45) is 2.41. The molecule has 0 unspecified atom stereocenters. The molecule has 2 aromatic carbocycles. The molecule has 0 radical (unpaired) electrons. The molecule has 0 amide bonds. The quantitative estimate of drug-likeness (QED) is 0.393. The van der Waals surface area contributed by atoms with Crippen molar-refractivity contribution in [3.05, 3.63) is 48.3 Å². The predicted molar refractivity (Wildman–Crippen MR) is 126 cm³/mol. The highest BCUT2D eigenvalue weighted by atomic mass is 32.2. The molecular weight excluding hydrogens is 442 g/mol. The van der Waals surface area contributed by atoms with Gasteiger partial charge in [0.15, 0.2) is 22.5 Å². The van der Waals surface area contributed by atoms with E-state index in [1.54, 1.807) is 34.8 Å². The van der Waals surface area contributed by atoms with Gasteiger partial charge < -0.3 is 29.2 Å². The molecule has 0 spiro atoms. The van der Waals surface area contributed by atoms with E-state index in [9.17, 15) is 0 Å². The Morgan fingerprint density at radius 3 is 2.27 bits per heavy atom. The molecule has 10 heteroatoms. The summed E-state index contributed by atoms with van der Waals surface area (Å²) in [5.41, 5.74) is 7.73. The molecule has 0 bridgehead atoms. The lowest BCUT2D eigenvalue weighted by molar-refractivity contribution is 0.393. The van der Waals surface area contributed by atoms with Gasteiger partial charge in [-0.2, -0.15) is 0 Å². The maximum atomic E-state index is 6.10. The van der Waals surface area contributed by atoms with E-state index in [1.807, 2.05) is 41.0 Å². The minimum atomic E-state index is 0.334. The van der Waals surface area contributed by atoms with Crippen LogP contribution in [0.1, 0.15) is 5.56 Å². The lowest BCUT2D eigenvalue weighted by Crippen LogP contribution is -2.10. The normalized spacial score (nSPS) is 10.9. The Bertz CT molecular complexity index is 1210. The molecule has 0 aromatic heterocycles. The molecule has 0 atom stereocenters. The molecule has 0 aliphatic carbocycles. The Morgan fingerprint density at radius 2 is 1.61 bits per heavy atom. The summed E-state index contributed by atoms with van der Waals surface area (Å²) in [5.74, 6) is 3.92. The number of hydrogen-bond acceptors (Lipinski definition) is 9. The van der Waals surface area contributed by atoms with Gasteiger partial charge in [-0.05, 0) is 54.1 Å². The number of aryl methyl sites for hydroxylation is 2. The highest BCUT2D eigenvalue weighted by Crippen LogP contribution is 2.38. The van der Waals surface area contributed by atoms with Gasteiger partial charge in [-0.15, -0.1) is 0 Å². The number of rotatable bonds is 9. The molecule has 172 valence electrons. The van der Waals surface area contributed by atoms with E-state index >= 15 is 0 Å². The standard InChI is InChI=1S/C23H25N5O4S/c1-29-15-5-6-18(32-4)19(12-15)33-23-26-20-21(24)25-13-28(22(20)27-23)8-7-14-9-16(30-2)11-17(10-14)31-3/h5-6,9-13H,7-8,24H2,1-4H3. The van der Waals surface area contributed by atoms with Crippen LogP contribution in [0.4, 0.5) is 5.82 Å². The number of fused-ring (bicyclic) bond motifs is 1. The van der Waals surface area contributed by atoms with Crippen molar-refractivity contribution in [2.24, 2.45) is 0 Å². The molecule has 4 rings (SSSR count). The van der Waals surface area contributed by atoms with Gasteiger partial charge in [0.05, 0.1) is 39.7 Å². The molecule has 2 aromatic rings. The SMILES string of the molecule is COc1cc(CCn2cnc(N)c3nc(Sc4cc(OC)ccc4OC)nc2-3)cc(OC)c1. The maximum Gasteiger partial charge on any atom is 0.195 e. The van der Waals surface area contributed by atoms with Crippen molar-refractivity contribution in [3.63, 3.8) is 0 Å². The van der Waals surface area contributed by atoms with E-state index < -0.39 is 0 Å². The van der Waals surface area contributed by atoms with Crippen LogP contribution < -0.4 is 24.7 Å². The first-order valence-electron chi connectivity index (χ1n) is 10.1. The van der Waals surface area contributed by atoms with E-state index in [4.69, 9.17) is 29.7 Å². The largest absolute Gasteiger partial charge is 0.497 e. The molecule has 0 saturated heterocycles. The zero-order valence-corrected chi connectivity index (χ0v) is 19.7. The van der Waals surface area contributed by atoms with Gasteiger partial charge in [-0.1, -0.05) is 0 Å². The first-order valence-corrected chi connectivity index (χ1v) is 11.0. The summed E-state index contributed by atoms with van der Waals surface area (Å²) < 4.78 is 23.5. The second-order valence-corrected chi connectivity index (χ2v) is 8.10. The average Bonchev–Trinajstić information content (AvgIpc) is 3.28. The molecule has 0 saturated carbocycles. The van der Waals surface area contributed by atoms with Crippen LogP contribution in [0.25, 0.3) is 11.5 Å². The average molecular weight is 468 g/mol. The third-order valence-corrected chi connectivity index (χ3v) is 6.00. The Kier molecular flexibility index (Phi) is 6.74. The second kappa shape index (κ2) is 9.86. The molecule has 9 nitrogen and oxygen atoms in total. The third-order valence-electron chi connectivity index (χ3n) is 5.10. The number of methoxy groups -OCH3 is 4. The van der Waals surface area contributed by atoms with Gasteiger partial charge in [0.25, 0.3) is 0 Å². The number of nitrogen functional groups attached to an aromatic ring is 1. The van der Waals surface area contributed by atoms with Crippen LogP contribution in [0.15, 0.2) is 52.8 Å². The molecule has 2 aliphatic rings. The van der Waals surface area contributed by atoms with Crippen LogP contribution in [-0.2, 0) is 13.0 Å². The number of ether oxygens (including phenoxy) is 4. The highest BCUT2D eigenvalue weighted by molar-refractivity contribution is 7.99. The highest BCUT2D eigenvalue weighted by Gasteiger charge is 2.20. The zero-order chi connectivity index (χ0) is 23.4. The summed E-state index contributed by atoms with van der Waals surface area (Å²) in [5, 5.41) is 0.549. The van der Waals surface area contributed by atoms with Crippen LogP contribution in [0.3, 0.4) is 0 Å². The minimum Gasteiger partial charge on any atom is -0.497 e. The van der Waals surface area contributed by atoms with Crippen molar-refractivity contribution in [2.45, 2.75) is 23.0 Å². The topological polar surface area (TPSA) is 107 Å². The first kappa shape index (κ1) is 22.5. The lowest BCUT2D eigenvalue weighted by atomic mass is 10.1. The van der Waals surface area contributed by atoms with Gasteiger partial charge in [0.2, 0.25) is 0 Å². The van der Waals surface area contributed by atoms with Gasteiger partial charge >= 0.3 is 0 Å². The van der Waals surface area contributed by atoms with E-state index in [0.717, 1.165) is 34.1 Å². The fraction of sp³-hybridized carbons (Fsp3) is 0.261. The van der Waals surface area contributed by atoms with Gasteiger partial charge in [0.1, 0.15) is 23.0 Å². The Hall–Kier alpha value is -3.66. The Morgan fingerprint density at radius 1 is 0.879 bits per heavy atom. The van der Waals surface area contributed by atoms with Crippen molar-refractivity contribution in [1.29, 1.82) is 0 Å². The van der Waals surface area contributed by atoms with Crippen molar-refractivity contribution in [2.75, 3.05) is 34.2 Å². The number of aromatic nitrogens is 4. The smallest absolute Gasteiger partial charge is 0.195 e. The summed E-state index contributed by atoms with van der Waals surface area (Å²) in [7, 11) is 6.52. The van der Waals surface area contributed by atoms with Crippen LogP contribution in [0, 0.1) is 0 Å². The Labute approximate surface area is 196 Å². The Balaban J connectivity index is 1.61. The fourth-order valence-electron chi connectivity index (χ4n) is 3.37. The van der Waals surface area contributed by atoms with Gasteiger partial charge in [0, 0.05) is 12.6 Å². The van der Waals surface area contributed by atoms with E-state index in [0.29, 0.717) is 34.8 Å². The number of anilines is 1. The minimum absolute atomic E-state index is 0.334. The van der Waals surface area contributed by atoms with Crippen molar-refractivity contribution >= 4 is 17.6 Å². The second-order valence-electron chi connectivity index (χ2n) is 7.09. The number of nitrogens with zero attached hydrogens (tertiary/aromatic N) is 4. The molecule has 2 heterocycles. The first-order chi connectivity index (χ1) is 16.0. The lowest BCUT2D eigenvalue weighted by Gasteiger charge is -2.12. The summed E-state index contributed by atoms with van der Waals surface area (Å²) in [6.45, 7) is 0.630. The third kappa shape index (κ3) is 4.90. The number of imidazole rings is 1. The molecule has 2 aliphatic heterocycles. The van der Waals surface area contributed by atoms with Gasteiger partial charge in [-0.25, -0.2) is 15.0 Å². The van der Waals surface area contributed by atoms with Gasteiger partial charge in [-0.3, -0.25) is 0 Å². The summed E-state index contributed by atoms with van der Waals surface area (Å²) in [4.78, 5) is 14.5. The molecular formula is C23H25N5O4S. The molecule has 33 heavy (non-hydrogen) atoms. The molecule has 2 N–H and O–H groups in total. The maximum absolute atomic E-state index is 6.10. The van der Waals surface area contributed by atoms with Crippen LogP contribution >= 0.6 is 11.8 Å². The van der Waals surface area contributed by atoms with Crippen LogP contribution in [0.2, 0.25) is 0 Å². The number of nitrogens with two attached hydrogens (primary N) is 1. The van der Waals surface area contributed by atoms with E-state index in [2.05, 4.69) is 9.97 Å². The van der Waals surface area contributed by atoms with Crippen LogP contribution in [-0.4, -0.2) is 48.0 Å². The van der Waals surface area contributed by atoms with E-state index in [-0.39, 0.29) is 0 Å². The number of hydrogen-bond donors (Lipinski definition) is 1. The van der Waals surface area contributed by atoms with Crippen LogP contribution in [0.5, 0.6) is 23.0 Å². The summed E-state index contributed by atoms with van der Waals surface area (Å²) >= 11 is 1.38. The number of benzene rings is 2.